The highest BCUT2D eigenvalue weighted by Crippen LogP contribution is 2.23. The third-order valence-electron chi connectivity index (χ3n) is 1.93. The number of hydrogen-bond donors (Lipinski definition) is 0. The lowest BCUT2D eigenvalue weighted by atomic mass is 10.3. The third-order valence-corrected chi connectivity index (χ3v) is 3.81. The smallest absolute Gasteiger partial charge is 0.199 e. The molecular weight excluding hydrogens is 268 g/mol. The maximum absolute atomic E-state index is 11.6. The van der Waals surface area contributed by atoms with Gasteiger partial charge < -0.3 is 9.47 Å². The Labute approximate surface area is 94.1 Å². The molecule has 5 heteroatoms. The number of ketones is 1. The second-order valence-corrected chi connectivity index (χ2v) is 4.76. The van der Waals surface area contributed by atoms with Gasteiger partial charge in [-0.25, -0.2) is 0 Å². The lowest BCUT2D eigenvalue weighted by molar-refractivity contribution is -0.123. The van der Waals surface area contributed by atoms with Crippen LogP contribution >= 0.6 is 27.3 Å². The van der Waals surface area contributed by atoms with E-state index in [-0.39, 0.29) is 18.5 Å². The summed E-state index contributed by atoms with van der Waals surface area (Å²) in [5.74, 6) is 0.0266. The fourth-order valence-electron chi connectivity index (χ4n) is 1.06. The molecule has 1 aliphatic heterocycles. The van der Waals surface area contributed by atoms with Gasteiger partial charge in [-0.3, -0.25) is 4.79 Å². The lowest BCUT2D eigenvalue weighted by Gasteiger charge is -2.25. The number of carbonyl (C=O) groups excluding carboxylic acids is 1. The Morgan fingerprint density at radius 3 is 3.00 bits per heavy atom. The summed E-state index contributed by atoms with van der Waals surface area (Å²) in [6.07, 6.45) is 0.109. The zero-order valence-electron chi connectivity index (χ0n) is 7.36. The SMILES string of the molecule is O=C(COC1COC1)c1sccc1Br. The molecule has 1 aromatic heterocycles. The number of thiophene rings is 1. The molecule has 0 atom stereocenters. The first-order valence-corrected chi connectivity index (χ1v) is 5.90. The molecule has 0 amide bonds. The number of hydrogen-bond acceptors (Lipinski definition) is 4. The molecule has 1 saturated heterocycles. The van der Waals surface area contributed by atoms with Gasteiger partial charge in [-0.2, -0.15) is 0 Å². The highest BCUT2D eigenvalue weighted by molar-refractivity contribution is 9.10. The number of carbonyl (C=O) groups is 1. The highest BCUT2D eigenvalue weighted by atomic mass is 79.9. The van der Waals surface area contributed by atoms with Gasteiger partial charge in [0.2, 0.25) is 0 Å². The molecule has 14 heavy (non-hydrogen) atoms. The molecule has 1 aromatic rings. The van der Waals surface area contributed by atoms with E-state index in [0.717, 1.165) is 9.35 Å². The van der Waals surface area contributed by atoms with Crippen molar-refractivity contribution in [3.05, 3.63) is 20.8 Å². The molecule has 3 nitrogen and oxygen atoms in total. The van der Waals surface area contributed by atoms with E-state index >= 15 is 0 Å². The minimum atomic E-state index is 0.0266. The summed E-state index contributed by atoms with van der Waals surface area (Å²) in [6.45, 7) is 1.37. The Balaban J connectivity index is 1.86. The van der Waals surface area contributed by atoms with Crippen LogP contribution in [0.5, 0.6) is 0 Å². The van der Waals surface area contributed by atoms with Gasteiger partial charge >= 0.3 is 0 Å². The van der Waals surface area contributed by atoms with Crippen molar-refractivity contribution in [1.82, 2.24) is 0 Å². The fraction of sp³-hybridized carbons (Fsp3) is 0.444. The first-order valence-electron chi connectivity index (χ1n) is 4.23. The Morgan fingerprint density at radius 2 is 2.50 bits per heavy atom. The molecule has 0 bridgehead atoms. The maximum Gasteiger partial charge on any atom is 0.199 e. The Morgan fingerprint density at radius 1 is 1.71 bits per heavy atom. The number of rotatable bonds is 4. The zero-order chi connectivity index (χ0) is 9.97. The predicted octanol–water partition coefficient (Wildman–Crippen LogP) is 2.11. The van der Waals surface area contributed by atoms with E-state index in [0.29, 0.717) is 13.2 Å². The van der Waals surface area contributed by atoms with Crippen LogP contribution < -0.4 is 0 Å². The highest BCUT2D eigenvalue weighted by Gasteiger charge is 2.21. The topological polar surface area (TPSA) is 35.5 Å². The van der Waals surface area contributed by atoms with Gasteiger partial charge in [0.1, 0.15) is 12.7 Å². The van der Waals surface area contributed by atoms with Crippen LogP contribution in [0, 0.1) is 0 Å². The lowest BCUT2D eigenvalue weighted by Crippen LogP contribution is -2.37. The molecule has 76 valence electrons. The molecule has 0 aliphatic carbocycles. The number of ether oxygens (including phenoxy) is 2. The molecule has 0 unspecified atom stereocenters. The average molecular weight is 277 g/mol. The van der Waals surface area contributed by atoms with E-state index in [1.54, 1.807) is 0 Å². The van der Waals surface area contributed by atoms with Crippen LogP contribution in [-0.4, -0.2) is 31.7 Å². The van der Waals surface area contributed by atoms with Crippen LogP contribution in [0.15, 0.2) is 15.9 Å². The summed E-state index contributed by atoms with van der Waals surface area (Å²) in [6, 6.07) is 1.87. The first-order chi connectivity index (χ1) is 6.77. The monoisotopic (exact) mass is 276 g/mol. The molecule has 0 aromatic carbocycles. The van der Waals surface area contributed by atoms with Crippen LogP contribution in [0.1, 0.15) is 9.67 Å². The first kappa shape index (κ1) is 10.3. The Kier molecular flexibility index (Phi) is 3.33. The van der Waals surface area contributed by atoms with Gasteiger partial charge in [0.25, 0.3) is 0 Å². The van der Waals surface area contributed by atoms with Crippen molar-refractivity contribution in [2.24, 2.45) is 0 Å². The molecule has 2 heterocycles. The molecule has 2 rings (SSSR count). The van der Waals surface area contributed by atoms with Gasteiger partial charge in [-0.15, -0.1) is 11.3 Å². The van der Waals surface area contributed by atoms with Crippen LogP contribution in [0.25, 0.3) is 0 Å². The second-order valence-electron chi connectivity index (χ2n) is 2.99. The van der Waals surface area contributed by atoms with Gasteiger partial charge in [0, 0.05) is 4.47 Å². The van der Waals surface area contributed by atoms with Gasteiger partial charge in [-0.05, 0) is 27.4 Å². The van der Waals surface area contributed by atoms with Crippen molar-refractivity contribution in [1.29, 1.82) is 0 Å². The Hall–Kier alpha value is -0.230. The summed E-state index contributed by atoms with van der Waals surface area (Å²) in [5, 5.41) is 1.88. The van der Waals surface area contributed by atoms with Crippen LogP contribution in [0.4, 0.5) is 0 Å². The minimum absolute atomic E-state index is 0.0266. The minimum Gasteiger partial charge on any atom is -0.376 e. The van der Waals surface area contributed by atoms with Crippen molar-refractivity contribution in [2.75, 3.05) is 19.8 Å². The predicted molar refractivity (Wildman–Crippen MR) is 56.9 cm³/mol. The number of halogens is 1. The second kappa shape index (κ2) is 4.53. The standard InChI is InChI=1S/C9H9BrO3S/c10-7-1-2-14-9(7)8(11)5-13-6-3-12-4-6/h1-2,6H,3-5H2. The maximum atomic E-state index is 11.6. The summed E-state index contributed by atoms with van der Waals surface area (Å²) in [5.41, 5.74) is 0. The van der Waals surface area contributed by atoms with Gasteiger partial charge in [0.15, 0.2) is 5.78 Å². The van der Waals surface area contributed by atoms with E-state index in [4.69, 9.17) is 9.47 Å². The summed E-state index contributed by atoms with van der Waals surface area (Å²) in [7, 11) is 0. The normalized spacial score (nSPS) is 16.6. The van der Waals surface area contributed by atoms with E-state index in [1.165, 1.54) is 11.3 Å². The fourth-order valence-corrected chi connectivity index (χ4v) is 2.58. The molecule has 0 N–H and O–H groups in total. The molecule has 0 spiro atoms. The number of Topliss-reactive ketones (excluding diaryl/α,β-unsaturated/α-hetero) is 1. The largest absolute Gasteiger partial charge is 0.376 e. The van der Waals surface area contributed by atoms with Crippen molar-refractivity contribution >= 4 is 33.0 Å². The summed E-state index contributed by atoms with van der Waals surface area (Å²) in [4.78, 5) is 12.3. The zero-order valence-corrected chi connectivity index (χ0v) is 9.77. The molecule has 0 saturated carbocycles. The molecule has 1 aliphatic rings. The molecule has 1 fully saturated rings. The van der Waals surface area contributed by atoms with Crippen LogP contribution in [0.3, 0.4) is 0 Å². The van der Waals surface area contributed by atoms with E-state index < -0.39 is 0 Å². The summed E-state index contributed by atoms with van der Waals surface area (Å²) < 4.78 is 11.1. The van der Waals surface area contributed by atoms with E-state index in [1.807, 2.05) is 11.4 Å². The van der Waals surface area contributed by atoms with Gasteiger partial charge in [0.05, 0.1) is 18.1 Å². The molecule has 0 radical (unpaired) electrons. The van der Waals surface area contributed by atoms with Crippen molar-refractivity contribution in [2.45, 2.75) is 6.10 Å². The Bertz CT molecular complexity index is 333. The van der Waals surface area contributed by atoms with Crippen LogP contribution in [0.2, 0.25) is 0 Å². The average Bonchev–Trinajstić information content (AvgIpc) is 2.48. The third kappa shape index (κ3) is 2.23. The van der Waals surface area contributed by atoms with Crippen molar-refractivity contribution in [3.63, 3.8) is 0 Å². The van der Waals surface area contributed by atoms with Crippen LogP contribution in [-0.2, 0) is 9.47 Å². The van der Waals surface area contributed by atoms with E-state index in [2.05, 4.69) is 15.9 Å². The quantitative estimate of drug-likeness (QED) is 0.791. The molecular formula is C9H9BrO3S. The van der Waals surface area contributed by atoms with Crippen molar-refractivity contribution in [3.8, 4) is 0 Å². The summed E-state index contributed by atoms with van der Waals surface area (Å²) >= 11 is 4.74. The van der Waals surface area contributed by atoms with Gasteiger partial charge in [-0.1, -0.05) is 0 Å². The van der Waals surface area contributed by atoms with E-state index in [9.17, 15) is 4.79 Å². The van der Waals surface area contributed by atoms with Crippen molar-refractivity contribution < 1.29 is 14.3 Å².